The third-order valence-corrected chi connectivity index (χ3v) is 5.16. The predicted octanol–water partition coefficient (Wildman–Crippen LogP) is 1.53. The summed E-state index contributed by atoms with van der Waals surface area (Å²) in [5, 5.41) is 17.3. The molecule has 0 aromatic heterocycles. The van der Waals surface area contributed by atoms with E-state index in [1.54, 1.807) is 0 Å². The summed E-state index contributed by atoms with van der Waals surface area (Å²) in [6, 6.07) is 9.23. The number of nitrogens with one attached hydrogen (secondary N) is 2. The lowest BCUT2D eigenvalue weighted by atomic mass is 9.82. The largest absolute Gasteiger partial charge is 0.375 e. The summed E-state index contributed by atoms with van der Waals surface area (Å²) in [5.74, 6) is 1.56. The van der Waals surface area contributed by atoms with E-state index in [0.29, 0.717) is 29.9 Å². The molecular formula is C17H25ClN2O2. The molecule has 1 saturated heterocycles. The van der Waals surface area contributed by atoms with Gasteiger partial charge < -0.3 is 15.7 Å². The smallest absolute Gasteiger partial charge is 0.256 e. The van der Waals surface area contributed by atoms with E-state index >= 15 is 0 Å². The quantitative estimate of drug-likeness (QED) is 0.770. The Morgan fingerprint density at radius 2 is 1.91 bits per heavy atom. The van der Waals surface area contributed by atoms with E-state index in [1.807, 2.05) is 44.2 Å². The Hall–Kier alpha value is -1.10. The Balaban J connectivity index is 0.00000176. The van der Waals surface area contributed by atoms with E-state index < -0.39 is 5.60 Å². The van der Waals surface area contributed by atoms with Crippen molar-refractivity contribution in [1.29, 1.82) is 0 Å². The standard InChI is InChI=1S/C17H24N2O2.ClH/c1-11(2)17(21,12-6-4-3-5-7-12)16(20)19-10-15-13-8-18-9-14(13)15;/h3-7,11,13-15,18,21H,8-10H2,1-2H3,(H,19,20);1H/t13-,14?,15+,17+;/m1./s1. The van der Waals surface area contributed by atoms with Gasteiger partial charge in [-0.3, -0.25) is 4.79 Å². The molecule has 0 bridgehead atoms. The van der Waals surface area contributed by atoms with Crippen molar-refractivity contribution in [2.45, 2.75) is 19.4 Å². The number of fused-ring (bicyclic) bond motifs is 1. The second-order valence-corrected chi connectivity index (χ2v) is 6.65. The Morgan fingerprint density at radius 1 is 1.32 bits per heavy atom. The first-order valence-electron chi connectivity index (χ1n) is 7.82. The van der Waals surface area contributed by atoms with Crippen molar-refractivity contribution in [1.82, 2.24) is 10.6 Å². The van der Waals surface area contributed by atoms with E-state index in [0.717, 1.165) is 13.1 Å². The molecule has 2 fully saturated rings. The summed E-state index contributed by atoms with van der Waals surface area (Å²) in [7, 11) is 0. The van der Waals surface area contributed by atoms with E-state index in [1.165, 1.54) is 0 Å². The van der Waals surface area contributed by atoms with Gasteiger partial charge in [-0.2, -0.15) is 0 Å². The number of benzene rings is 1. The molecule has 1 aliphatic carbocycles. The topological polar surface area (TPSA) is 61.4 Å². The van der Waals surface area contributed by atoms with Crippen LogP contribution in [0.15, 0.2) is 30.3 Å². The SMILES string of the molecule is CC(C)[C@@](O)(C(=O)NC[C@@H]1C2CNC[C@H]21)c1ccccc1.Cl. The maximum atomic E-state index is 12.6. The number of hydrogen-bond acceptors (Lipinski definition) is 3. The molecule has 1 heterocycles. The van der Waals surface area contributed by atoms with Crippen LogP contribution in [0.4, 0.5) is 0 Å². The van der Waals surface area contributed by atoms with Gasteiger partial charge in [0.2, 0.25) is 0 Å². The molecule has 4 nitrogen and oxygen atoms in total. The van der Waals surface area contributed by atoms with E-state index in [2.05, 4.69) is 10.6 Å². The fourth-order valence-corrected chi connectivity index (χ4v) is 3.61. The van der Waals surface area contributed by atoms with Crippen molar-refractivity contribution < 1.29 is 9.90 Å². The Bertz CT molecular complexity index is 513. The number of aliphatic hydroxyl groups is 1. The molecule has 1 amide bonds. The second kappa shape index (κ2) is 6.57. The monoisotopic (exact) mass is 324 g/mol. The van der Waals surface area contributed by atoms with Crippen LogP contribution in [-0.2, 0) is 10.4 Å². The van der Waals surface area contributed by atoms with Gasteiger partial charge in [-0.1, -0.05) is 44.2 Å². The highest BCUT2D eigenvalue weighted by Gasteiger charge is 2.53. The summed E-state index contributed by atoms with van der Waals surface area (Å²) in [6.45, 7) is 6.57. The molecule has 1 aromatic rings. The maximum Gasteiger partial charge on any atom is 0.256 e. The molecule has 5 heteroatoms. The van der Waals surface area contributed by atoms with Crippen LogP contribution in [-0.4, -0.2) is 30.6 Å². The minimum Gasteiger partial charge on any atom is -0.375 e. The molecule has 3 N–H and O–H groups in total. The lowest BCUT2D eigenvalue weighted by Crippen LogP contribution is -2.48. The zero-order chi connectivity index (χ0) is 15.0. The van der Waals surface area contributed by atoms with Gasteiger partial charge in [0.25, 0.3) is 5.91 Å². The molecule has 3 rings (SSSR count). The summed E-state index contributed by atoms with van der Waals surface area (Å²) in [6.07, 6.45) is 0. The first-order valence-corrected chi connectivity index (χ1v) is 7.82. The van der Waals surface area contributed by atoms with Crippen LogP contribution in [0.5, 0.6) is 0 Å². The molecule has 1 unspecified atom stereocenters. The Morgan fingerprint density at radius 3 is 2.45 bits per heavy atom. The minimum atomic E-state index is -1.45. The van der Waals surface area contributed by atoms with Gasteiger partial charge in [0.1, 0.15) is 0 Å². The first-order chi connectivity index (χ1) is 10.0. The van der Waals surface area contributed by atoms with Crippen molar-refractivity contribution in [3.05, 3.63) is 35.9 Å². The van der Waals surface area contributed by atoms with Crippen LogP contribution in [0.25, 0.3) is 0 Å². The number of rotatable bonds is 5. The fourth-order valence-electron chi connectivity index (χ4n) is 3.61. The minimum absolute atomic E-state index is 0. The number of piperidine rings is 1. The van der Waals surface area contributed by atoms with Gasteiger partial charge in [-0.25, -0.2) is 0 Å². The third kappa shape index (κ3) is 2.87. The molecule has 4 atom stereocenters. The second-order valence-electron chi connectivity index (χ2n) is 6.65. The maximum absolute atomic E-state index is 12.6. The number of hydrogen-bond donors (Lipinski definition) is 3. The Labute approximate surface area is 138 Å². The average molecular weight is 325 g/mol. The number of carbonyl (C=O) groups excluding carboxylic acids is 1. The molecule has 0 radical (unpaired) electrons. The number of carbonyl (C=O) groups is 1. The van der Waals surface area contributed by atoms with Gasteiger partial charge in [0, 0.05) is 6.54 Å². The van der Waals surface area contributed by atoms with E-state index in [4.69, 9.17) is 0 Å². The molecule has 1 saturated carbocycles. The molecule has 0 spiro atoms. The summed E-state index contributed by atoms with van der Waals surface area (Å²) >= 11 is 0. The average Bonchev–Trinajstić information content (AvgIpc) is 2.93. The van der Waals surface area contributed by atoms with Crippen LogP contribution in [0, 0.1) is 23.7 Å². The zero-order valence-electron chi connectivity index (χ0n) is 13.1. The molecule has 1 aliphatic heterocycles. The summed E-state index contributed by atoms with van der Waals surface area (Å²) < 4.78 is 0. The lowest BCUT2D eigenvalue weighted by Gasteiger charge is -2.31. The number of halogens is 1. The van der Waals surface area contributed by atoms with Gasteiger partial charge in [-0.05, 0) is 42.3 Å². The van der Waals surface area contributed by atoms with E-state index in [-0.39, 0.29) is 24.2 Å². The molecule has 122 valence electrons. The molecular weight excluding hydrogens is 300 g/mol. The predicted molar refractivity (Wildman–Crippen MR) is 88.8 cm³/mol. The lowest BCUT2D eigenvalue weighted by molar-refractivity contribution is -0.146. The van der Waals surface area contributed by atoms with Crippen molar-refractivity contribution in [2.75, 3.05) is 19.6 Å². The van der Waals surface area contributed by atoms with Gasteiger partial charge in [0.15, 0.2) is 5.60 Å². The van der Waals surface area contributed by atoms with Gasteiger partial charge >= 0.3 is 0 Å². The first kappa shape index (κ1) is 17.3. The highest BCUT2D eigenvalue weighted by atomic mass is 35.5. The molecule has 1 aromatic carbocycles. The highest BCUT2D eigenvalue weighted by Crippen LogP contribution is 2.48. The van der Waals surface area contributed by atoms with E-state index in [9.17, 15) is 9.90 Å². The van der Waals surface area contributed by atoms with Crippen molar-refractivity contribution in [3.8, 4) is 0 Å². The van der Waals surface area contributed by atoms with Crippen LogP contribution in [0.1, 0.15) is 19.4 Å². The van der Waals surface area contributed by atoms with Gasteiger partial charge in [-0.15, -0.1) is 12.4 Å². The Kier molecular flexibility index (Phi) is 5.15. The summed E-state index contributed by atoms with van der Waals surface area (Å²) in [4.78, 5) is 12.6. The molecule has 2 aliphatic rings. The third-order valence-electron chi connectivity index (χ3n) is 5.16. The van der Waals surface area contributed by atoms with Crippen LogP contribution < -0.4 is 10.6 Å². The highest BCUT2D eigenvalue weighted by molar-refractivity contribution is 5.86. The van der Waals surface area contributed by atoms with Crippen molar-refractivity contribution >= 4 is 18.3 Å². The van der Waals surface area contributed by atoms with Crippen LogP contribution in [0.3, 0.4) is 0 Å². The normalized spacial score (nSPS) is 28.5. The number of amides is 1. The van der Waals surface area contributed by atoms with Crippen LogP contribution in [0.2, 0.25) is 0 Å². The van der Waals surface area contributed by atoms with Crippen LogP contribution >= 0.6 is 12.4 Å². The summed E-state index contributed by atoms with van der Waals surface area (Å²) in [5.41, 5.74) is -0.793. The van der Waals surface area contributed by atoms with Crippen molar-refractivity contribution in [3.63, 3.8) is 0 Å². The molecule has 22 heavy (non-hydrogen) atoms. The van der Waals surface area contributed by atoms with Crippen molar-refractivity contribution in [2.24, 2.45) is 23.7 Å². The zero-order valence-corrected chi connectivity index (χ0v) is 13.9. The fraction of sp³-hybridized carbons (Fsp3) is 0.588. The van der Waals surface area contributed by atoms with Gasteiger partial charge in [0.05, 0.1) is 0 Å².